The summed E-state index contributed by atoms with van der Waals surface area (Å²) >= 11 is 1.29. The quantitative estimate of drug-likeness (QED) is 0.428. The Bertz CT molecular complexity index is 1630. The standard InChI is InChI=1S/C27H22N2O4S/c1-16-23(26(31)33-3)24(18-10-5-4-6-11-18)29-25(30)22(34-27(29)28-16)15-20-19-12-8-7-9-17(19)13-14-21(20)32-2/h4-15,24H,1-3H3. The van der Waals surface area contributed by atoms with E-state index in [1.165, 1.54) is 18.4 Å². The van der Waals surface area contributed by atoms with Gasteiger partial charge >= 0.3 is 5.97 Å². The van der Waals surface area contributed by atoms with Crippen molar-refractivity contribution in [3.05, 3.63) is 109 Å². The number of rotatable bonds is 4. The van der Waals surface area contributed by atoms with Gasteiger partial charge in [-0.1, -0.05) is 72.0 Å². The van der Waals surface area contributed by atoms with Crippen molar-refractivity contribution in [3.63, 3.8) is 0 Å². The smallest absolute Gasteiger partial charge is 0.338 e. The van der Waals surface area contributed by atoms with Gasteiger partial charge in [-0.2, -0.15) is 0 Å². The molecule has 1 atom stereocenters. The van der Waals surface area contributed by atoms with E-state index >= 15 is 0 Å². The maximum Gasteiger partial charge on any atom is 0.338 e. The summed E-state index contributed by atoms with van der Waals surface area (Å²) in [6, 6.07) is 20.7. The molecule has 34 heavy (non-hydrogen) atoms. The maximum absolute atomic E-state index is 13.8. The molecular weight excluding hydrogens is 448 g/mol. The van der Waals surface area contributed by atoms with E-state index in [1.54, 1.807) is 18.6 Å². The van der Waals surface area contributed by atoms with E-state index in [-0.39, 0.29) is 5.56 Å². The number of thiazole rings is 1. The number of aromatic nitrogens is 1. The van der Waals surface area contributed by atoms with Gasteiger partial charge in [0, 0.05) is 5.56 Å². The normalized spacial score (nSPS) is 15.7. The minimum atomic E-state index is -0.624. The minimum Gasteiger partial charge on any atom is -0.496 e. The van der Waals surface area contributed by atoms with Crippen LogP contribution in [0.25, 0.3) is 16.8 Å². The van der Waals surface area contributed by atoms with Crippen LogP contribution in [0, 0.1) is 0 Å². The summed E-state index contributed by atoms with van der Waals surface area (Å²) < 4.78 is 12.8. The molecule has 170 valence electrons. The number of hydrogen-bond donors (Lipinski definition) is 0. The lowest BCUT2D eigenvalue weighted by Crippen LogP contribution is -2.39. The minimum absolute atomic E-state index is 0.221. The van der Waals surface area contributed by atoms with Crippen molar-refractivity contribution in [3.8, 4) is 5.75 Å². The highest BCUT2D eigenvalue weighted by molar-refractivity contribution is 7.07. The lowest BCUT2D eigenvalue weighted by Gasteiger charge is -2.24. The molecule has 1 aliphatic rings. The van der Waals surface area contributed by atoms with Crippen molar-refractivity contribution in [2.75, 3.05) is 14.2 Å². The Hall–Kier alpha value is -3.97. The Kier molecular flexibility index (Phi) is 5.63. The predicted octanol–water partition coefficient (Wildman–Crippen LogP) is 3.57. The number of benzene rings is 3. The van der Waals surface area contributed by atoms with Crippen LogP contribution in [-0.4, -0.2) is 24.8 Å². The molecule has 0 radical (unpaired) electrons. The van der Waals surface area contributed by atoms with Crippen molar-refractivity contribution >= 4 is 34.2 Å². The monoisotopic (exact) mass is 470 g/mol. The SMILES string of the molecule is COC(=O)C1=C(C)N=c2sc(=Cc3c(OC)ccc4ccccc34)c(=O)n2C1c1ccccc1. The average Bonchev–Trinajstić information content (AvgIpc) is 3.17. The molecule has 7 heteroatoms. The number of ether oxygens (including phenoxy) is 2. The second-order valence-corrected chi connectivity index (χ2v) is 8.90. The molecule has 1 unspecified atom stereocenters. The van der Waals surface area contributed by atoms with Crippen LogP contribution in [0.15, 0.2) is 87.8 Å². The first-order valence-electron chi connectivity index (χ1n) is 10.7. The molecule has 0 saturated carbocycles. The highest BCUT2D eigenvalue weighted by Crippen LogP contribution is 2.31. The molecule has 1 aliphatic heterocycles. The zero-order valence-electron chi connectivity index (χ0n) is 18.9. The summed E-state index contributed by atoms with van der Waals surface area (Å²) in [5.41, 5.74) is 2.31. The van der Waals surface area contributed by atoms with Gasteiger partial charge in [-0.05, 0) is 35.4 Å². The highest BCUT2D eigenvalue weighted by atomic mass is 32.1. The number of carbonyl (C=O) groups excluding carboxylic acids is 1. The molecule has 0 bridgehead atoms. The molecule has 0 aliphatic carbocycles. The van der Waals surface area contributed by atoms with Gasteiger partial charge in [-0.3, -0.25) is 9.36 Å². The first-order chi connectivity index (χ1) is 16.5. The van der Waals surface area contributed by atoms with Crippen LogP contribution in [-0.2, 0) is 9.53 Å². The lowest BCUT2D eigenvalue weighted by atomic mass is 9.96. The van der Waals surface area contributed by atoms with Gasteiger partial charge < -0.3 is 9.47 Å². The average molecular weight is 471 g/mol. The van der Waals surface area contributed by atoms with E-state index in [2.05, 4.69) is 4.99 Å². The molecule has 4 aromatic rings. The van der Waals surface area contributed by atoms with Crippen molar-refractivity contribution in [2.24, 2.45) is 4.99 Å². The van der Waals surface area contributed by atoms with Crippen molar-refractivity contribution in [1.82, 2.24) is 4.57 Å². The van der Waals surface area contributed by atoms with Crippen molar-refractivity contribution in [2.45, 2.75) is 13.0 Å². The van der Waals surface area contributed by atoms with E-state index in [1.807, 2.05) is 72.8 Å². The summed E-state index contributed by atoms with van der Waals surface area (Å²) in [6.45, 7) is 1.77. The Morgan fingerprint density at radius 1 is 1.03 bits per heavy atom. The van der Waals surface area contributed by atoms with Crippen LogP contribution in [0.2, 0.25) is 0 Å². The lowest BCUT2D eigenvalue weighted by molar-refractivity contribution is -0.136. The highest BCUT2D eigenvalue weighted by Gasteiger charge is 2.32. The number of allylic oxidation sites excluding steroid dienone is 1. The molecule has 0 amide bonds. The maximum atomic E-state index is 13.8. The third-order valence-corrected chi connectivity index (χ3v) is 6.95. The van der Waals surface area contributed by atoms with E-state index < -0.39 is 12.0 Å². The second kappa shape index (κ2) is 8.76. The zero-order chi connectivity index (χ0) is 23.8. The van der Waals surface area contributed by atoms with Crippen LogP contribution in [0.3, 0.4) is 0 Å². The summed E-state index contributed by atoms with van der Waals surface area (Å²) in [6.07, 6.45) is 1.85. The van der Waals surface area contributed by atoms with Crippen LogP contribution < -0.4 is 19.6 Å². The fourth-order valence-electron chi connectivity index (χ4n) is 4.38. The topological polar surface area (TPSA) is 69.9 Å². The molecule has 1 aromatic heterocycles. The summed E-state index contributed by atoms with van der Waals surface area (Å²) in [7, 11) is 2.95. The number of fused-ring (bicyclic) bond motifs is 2. The molecule has 0 saturated heterocycles. The fraction of sp³-hybridized carbons (Fsp3) is 0.148. The summed E-state index contributed by atoms with van der Waals surface area (Å²) in [5.74, 6) is 0.177. The predicted molar refractivity (Wildman–Crippen MR) is 133 cm³/mol. The van der Waals surface area contributed by atoms with E-state index in [0.717, 1.165) is 21.9 Å². The largest absolute Gasteiger partial charge is 0.496 e. The Morgan fingerprint density at radius 3 is 2.50 bits per heavy atom. The van der Waals surface area contributed by atoms with Gasteiger partial charge in [0.1, 0.15) is 5.75 Å². The Morgan fingerprint density at radius 2 is 1.76 bits per heavy atom. The van der Waals surface area contributed by atoms with Gasteiger partial charge in [-0.15, -0.1) is 0 Å². The number of carbonyl (C=O) groups is 1. The van der Waals surface area contributed by atoms with E-state index in [4.69, 9.17) is 9.47 Å². The molecule has 2 heterocycles. The van der Waals surface area contributed by atoms with Crippen LogP contribution in [0.5, 0.6) is 5.75 Å². The number of esters is 1. The molecule has 0 N–H and O–H groups in total. The third kappa shape index (κ3) is 3.54. The third-order valence-electron chi connectivity index (χ3n) is 5.97. The van der Waals surface area contributed by atoms with Gasteiger partial charge in [0.25, 0.3) is 5.56 Å². The van der Waals surface area contributed by atoms with Crippen LogP contribution >= 0.6 is 11.3 Å². The second-order valence-electron chi connectivity index (χ2n) is 7.89. The number of nitrogens with zero attached hydrogens (tertiary/aromatic N) is 2. The molecular formula is C27H22N2O4S. The Labute approximate surface area is 199 Å². The molecule has 6 nitrogen and oxygen atoms in total. The molecule has 0 spiro atoms. The van der Waals surface area contributed by atoms with Gasteiger partial charge in [-0.25, -0.2) is 9.79 Å². The van der Waals surface area contributed by atoms with Crippen molar-refractivity contribution in [1.29, 1.82) is 0 Å². The molecule has 5 rings (SSSR count). The van der Waals surface area contributed by atoms with Crippen LogP contribution in [0.4, 0.5) is 0 Å². The summed E-state index contributed by atoms with van der Waals surface area (Å²) in [5, 5.41) is 2.03. The number of methoxy groups -OCH3 is 2. The fourth-order valence-corrected chi connectivity index (χ4v) is 5.41. The number of hydrogen-bond acceptors (Lipinski definition) is 6. The van der Waals surface area contributed by atoms with Crippen LogP contribution in [0.1, 0.15) is 24.1 Å². The summed E-state index contributed by atoms with van der Waals surface area (Å²) in [4.78, 5) is 31.6. The molecule has 0 fully saturated rings. The van der Waals surface area contributed by atoms with Gasteiger partial charge in [0.05, 0.1) is 36.1 Å². The van der Waals surface area contributed by atoms with Gasteiger partial charge in [0.15, 0.2) is 4.80 Å². The first kappa shape index (κ1) is 21.9. The first-order valence-corrected chi connectivity index (χ1v) is 11.6. The molecule has 3 aromatic carbocycles. The van der Waals surface area contributed by atoms with Gasteiger partial charge in [0.2, 0.25) is 0 Å². The van der Waals surface area contributed by atoms with E-state index in [0.29, 0.717) is 26.4 Å². The van der Waals surface area contributed by atoms with E-state index in [9.17, 15) is 9.59 Å². The zero-order valence-corrected chi connectivity index (χ0v) is 19.8. The Balaban J connectivity index is 1.80. The van der Waals surface area contributed by atoms with Crippen molar-refractivity contribution < 1.29 is 14.3 Å².